The Labute approximate surface area is 75.3 Å². The van der Waals surface area contributed by atoms with Crippen molar-refractivity contribution in [3.63, 3.8) is 0 Å². The zero-order chi connectivity index (χ0) is 11.0. The molecule has 0 amide bonds. The minimum Gasteiger partial charge on any atom is -0.480 e. The van der Waals surface area contributed by atoms with Crippen LogP contribution in [0, 0.1) is 16.0 Å². The molecule has 4 N–H and O–H groups in total. The molecule has 0 bridgehead atoms. The Balaban J connectivity index is 0. The van der Waals surface area contributed by atoms with Gasteiger partial charge in [-0.15, -0.1) is 10.1 Å². The van der Waals surface area contributed by atoms with Crippen molar-refractivity contribution >= 4 is 5.97 Å². The lowest BCUT2D eigenvalue weighted by atomic mass is 10.1. The van der Waals surface area contributed by atoms with Crippen molar-refractivity contribution < 1.29 is 20.2 Å². The van der Waals surface area contributed by atoms with Gasteiger partial charge in [-0.25, -0.2) is 0 Å². The lowest BCUT2D eigenvalue weighted by molar-refractivity contribution is -0.742. The molecule has 7 heteroatoms. The van der Waals surface area contributed by atoms with Gasteiger partial charge in [0, 0.05) is 0 Å². The number of nitrogens with two attached hydrogens (primary N) is 1. The molecule has 0 aromatic heterocycles. The third kappa shape index (κ3) is 18.0. The van der Waals surface area contributed by atoms with Gasteiger partial charge in [0.15, 0.2) is 0 Å². The number of hydrogen-bond acceptors (Lipinski definition) is 4. The first-order chi connectivity index (χ1) is 5.77. The van der Waals surface area contributed by atoms with Crippen LogP contribution in [0.3, 0.4) is 0 Å². The number of carbonyl (C=O) groups is 1. The second-order valence-electron chi connectivity index (χ2n) is 2.81. The summed E-state index contributed by atoms with van der Waals surface area (Å²) in [7, 11) is 0. The van der Waals surface area contributed by atoms with E-state index in [1.165, 1.54) is 0 Å². The fraction of sp³-hybridized carbons (Fsp3) is 0.833. The molecule has 13 heavy (non-hydrogen) atoms. The molecule has 0 fully saturated rings. The monoisotopic (exact) mass is 194 g/mol. The van der Waals surface area contributed by atoms with E-state index in [4.69, 9.17) is 26.2 Å². The third-order valence-corrected chi connectivity index (χ3v) is 1.04. The molecule has 0 aliphatic rings. The minimum atomic E-state index is -1.50. The van der Waals surface area contributed by atoms with Crippen LogP contribution < -0.4 is 5.73 Å². The number of rotatable bonds is 3. The van der Waals surface area contributed by atoms with Crippen molar-refractivity contribution in [2.75, 3.05) is 0 Å². The smallest absolute Gasteiger partial charge is 0.320 e. The topological polar surface area (TPSA) is 127 Å². The summed E-state index contributed by atoms with van der Waals surface area (Å²) in [6.07, 6.45) is 0.551. The first-order valence-electron chi connectivity index (χ1n) is 3.59. The van der Waals surface area contributed by atoms with Gasteiger partial charge >= 0.3 is 5.97 Å². The van der Waals surface area contributed by atoms with Crippen LogP contribution in [0.25, 0.3) is 0 Å². The summed E-state index contributed by atoms with van der Waals surface area (Å²) in [5.74, 6) is -0.556. The van der Waals surface area contributed by atoms with E-state index >= 15 is 0 Å². The van der Waals surface area contributed by atoms with Gasteiger partial charge in [-0.3, -0.25) is 4.79 Å². The van der Waals surface area contributed by atoms with Crippen molar-refractivity contribution in [2.45, 2.75) is 26.3 Å². The van der Waals surface area contributed by atoms with Crippen LogP contribution in [0.4, 0.5) is 0 Å². The quantitative estimate of drug-likeness (QED) is 0.431. The lowest BCUT2D eigenvalue weighted by Crippen LogP contribution is -2.31. The summed E-state index contributed by atoms with van der Waals surface area (Å²) < 4.78 is 0. The van der Waals surface area contributed by atoms with Crippen LogP contribution in [0.1, 0.15) is 20.3 Å². The Hall–Kier alpha value is -1.37. The zero-order valence-electron chi connectivity index (χ0n) is 7.51. The number of carboxylic acid groups (broad SMARTS) is 1. The van der Waals surface area contributed by atoms with Gasteiger partial charge in [0.05, 0.1) is 0 Å². The number of hydrogen-bond donors (Lipinski definition) is 3. The maximum atomic E-state index is 10.1. The van der Waals surface area contributed by atoms with Crippen LogP contribution in [0.5, 0.6) is 0 Å². The number of carboxylic acids is 1. The van der Waals surface area contributed by atoms with E-state index in [1.807, 2.05) is 13.8 Å². The molecular weight excluding hydrogens is 180 g/mol. The summed E-state index contributed by atoms with van der Waals surface area (Å²) in [6.45, 7) is 3.89. The average molecular weight is 194 g/mol. The zero-order valence-corrected chi connectivity index (χ0v) is 7.51. The summed E-state index contributed by atoms with van der Waals surface area (Å²) in [5.41, 5.74) is 5.22. The highest BCUT2D eigenvalue weighted by Gasteiger charge is 2.11. The fourth-order valence-corrected chi connectivity index (χ4v) is 0.609. The second kappa shape index (κ2) is 7.29. The minimum absolute atomic E-state index is 0.357. The molecule has 0 spiro atoms. The highest BCUT2D eigenvalue weighted by Crippen LogP contribution is 2.01. The van der Waals surface area contributed by atoms with Gasteiger partial charge in [0.1, 0.15) is 6.04 Å². The molecule has 0 saturated heterocycles. The molecule has 0 unspecified atom stereocenters. The first-order valence-corrected chi connectivity index (χ1v) is 3.59. The highest BCUT2D eigenvalue weighted by molar-refractivity contribution is 5.72. The molecule has 0 aromatic rings. The Morgan fingerprint density at radius 3 is 2.00 bits per heavy atom. The van der Waals surface area contributed by atoms with Crippen LogP contribution in [0.2, 0.25) is 0 Å². The van der Waals surface area contributed by atoms with Crippen molar-refractivity contribution in [2.24, 2.45) is 11.7 Å². The highest BCUT2D eigenvalue weighted by atomic mass is 16.9. The largest absolute Gasteiger partial charge is 0.480 e. The summed E-state index contributed by atoms with van der Waals surface area (Å²) in [4.78, 5) is 18.5. The normalized spacial score (nSPS) is 11.4. The summed E-state index contributed by atoms with van der Waals surface area (Å²) >= 11 is 0. The lowest BCUT2D eigenvalue weighted by Gasteiger charge is -2.07. The maximum Gasteiger partial charge on any atom is 0.320 e. The van der Waals surface area contributed by atoms with Gasteiger partial charge in [-0.1, -0.05) is 13.8 Å². The van der Waals surface area contributed by atoms with E-state index in [1.54, 1.807) is 0 Å². The van der Waals surface area contributed by atoms with Crippen molar-refractivity contribution in [1.29, 1.82) is 0 Å². The van der Waals surface area contributed by atoms with E-state index in [2.05, 4.69) is 0 Å². The van der Waals surface area contributed by atoms with Crippen molar-refractivity contribution in [3.05, 3.63) is 10.1 Å². The van der Waals surface area contributed by atoms with Gasteiger partial charge in [0.25, 0.3) is 5.09 Å². The maximum absolute atomic E-state index is 10.1. The summed E-state index contributed by atoms with van der Waals surface area (Å²) in [6, 6.07) is -0.690. The Kier molecular flexibility index (Phi) is 7.94. The predicted octanol–water partition coefficient (Wildman–Crippen LogP) is 0.0967. The molecule has 0 aliphatic carbocycles. The SMILES string of the molecule is CC(C)C[C@H](N)C(=O)O.O=[N+]([O-])O. The van der Waals surface area contributed by atoms with Gasteiger partial charge in [-0.2, -0.15) is 0 Å². The van der Waals surface area contributed by atoms with Crippen LogP contribution in [-0.2, 0) is 4.79 Å². The molecule has 1 atom stereocenters. The molecule has 0 radical (unpaired) electrons. The van der Waals surface area contributed by atoms with E-state index in [0.717, 1.165) is 0 Å². The van der Waals surface area contributed by atoms with Gasteiger partial charge < -0.3 is 16.0 Å². The van der Waals surface area contributed by atoms with Crippen molar-refractivity contribution in [1.82, 2.24) is 0 Å². The summed E-state index contributed by atoms with van der Waals surface area (Å²) in [5, 5.41) is 21.9. The Bertz CT molecular complexity index is 166. The van der Waals surface area contributed by atoms with E-state index in [-0.39, 0.29) is 0 Å². The van der Waals surface area contributed by atoms with Crippen molar-refractivity contribution in [3.8, 4) is 0 Å². The Morgan fingerprint density at radius 1 is 1.62 bits per heavy atom. The van der Waals surface area contributed by atoms with Crippen LogP contribution in [0.15, 0.2) is 0 Å². The van der Waals surface area contributed by atoms with E-state index < -0.39 is 17.1 Å². The molecule has 0 aromatic carbocycles. The third-order valence-electron chi connectivity index (χ3n) is 1.04. The predicted molar refractivity (Wildman–Crippen MR) is 43.8 cm³/mol. The molecule has 78 valence electrons. The standard InChI is InChI=1S/C6H13NO2.HNO3/c1-4(2)3-5(7)6(8)9;2-1(3)4/h4-5H,3,7H2,1-2H3,(H,8,9);(H,2,3,4)/t5-;/m0./s1. The van der Waals surface area contributed by atoms with Gasteiger partial charge in [-0.05, 0) is 12.3 Å². The average Bonchev–Trinajstić information content (AvgIpc) is 1.83. The number of nitrogens with zero attached hydrogens (tertiary/aromatic N) is 1. The fourth-order valence-electron chi connectivity index (χ4n) is 0.609. The Morgan fingerprint density at radius 2 is 1.92 bits per heavy atom. The van der Waals surface area contributed by atoms with Crippen LogP contribution >= 0.6 is 0 Å². The molecule has 0 heterocycles. The van der Waals surface area contributed by atoms with E-state index in [9.17, 15) is 4.79 Å². The van der Waals surface area contributed by atoms with E-state index in [0.29, 0.717) is 12.3 Å². The molecule has 7 nitrogen and oxygen atoms in total. The molecule has 0 aliphatic heterocycles. The number of aliphatic carboxylic acids is 1. The van der Waals surface area contributed by atoms with Crippen LogP contribution in [-0.4, -0.2) is 27.4 Å². The first kappa shape index (κ1) is 14.2. The molecular formula is C6H14N2O5. The molecule has 0 saturated carbocycles. The second-order valence-corrected chi connectivity index (χ2v) is 2.81. The molecule has 0 rings (SSSR count). The van der Waals surface area contributed by atoms with Gasteiger partial charge in [0.2, 0.25) is 0 Å².